The molecule has 0 aliphatic carbocycles. The minimum absolute atomic E-state index is 0.0373. The van der Waals surface area contributed by atoms with Crippen LogP contribution in [-0.4, -0.2) is 41.3 Å². The molecule has 6 heteroatoms. The van der Waals surface area contributed by atoms with Gasteiger partial charge in [0, 0.05) is 27.2 Å². The summed E-state index contributed by atoms with van der Waals surface area (Å²) in [6.45, 7) is 5.92. The summed E-state index contributed by atoms with van der Waals surface area (Å²) in [6, 6.07) is 4.18. The first-order valence-corrected chi connectivity index (χ1v) is 8.05. The highest BCUT2D eigenvalue weighted by Gasteiger charge is 2.22. The van der Waals surface area contributed by atoms with Crippen molar-refractivity contribution in [3.05, 3.63) is 22.6 Å². The molecular weight excluding hydrogens is 278 g/mol. The highest BCUT2D eigenvalue weighted by Crippen LogP contribution is 2.23. The number of aryl methyl sites for hydroxylation is 1. The maximum atomic E-state index is 12.5. The van der Waals surface area contributed by atoms with E-state index < -0.39 is 0 Å². The predicted molar refractivity (Wildman–Crippen MR) is 91.8 cm³/mol. The van der Waals surface area contributed by atoms with Crippen LogP contribution in [0.5, 0.6) is 0 Å². The van der Waals surface area contributed by atoms with Crippen LogP contribution in [0.3, 0.4) is 0 Å². The zero-order valence-corrected chi connectivity index (χ0v) is 14.3. The largest absolute Gasteiger partial charge is 0.363 e. The van der Waals surface area contributed by atoms with Crippen molar-refractivity contribution in [1.29, 1.82) is 0 Å². The zero-order chi connectivity index (χ0) is 16.3. The van der Waals surface area contributed by atoms with E-state index in [1.54, 1.807) is 4.57 Å². The van der Waals surface area contributed by atoms with Crippen LogP contribution in [0.2, 0.25) is 0 Å². The number of piperidine rings is 1. The first-order chi connectivity index (χ1) is 10.6. The van der Waals surface area contributed by atoms with Crippen molar-refractivity contribution in [3.8, 4) is 0 Å². The maximum Gasteiger partial charge on any atom is 0.330 e. The molecule has 2 aromatic heterocycles. The number of fused-ring (bicyclic) bond motifs is 1. The van der Waals surface area contributed by atoms with Crippen LogP contribution in [0.15, 0.2) is 16.9 Å². The lowest BCUT2D eigenvalue weighted by Gasteiger charge is -2.23. The Balaban J connectivity index is 0.000000847. The zero-order valence-electron chi connectivity index (χ0n) is 14.3. The van der Waals surface area contributed by atoms with Gasteiger partial charge in [0.25, 0.3) is 0 Å². The second-order valence-electron chi connectivity index (χ2n) is 5.60. The molecule has 1 aliphatic rings. The lowest BCUT2D eigenvalue weighted by molar-refractivity contribution is 0.364. The van der Waals surface area contributed by atoms with E-state index in [4.69, 9.17) is 0 Å². The summed E-state index contributed by atoms with van der Waals surface area (Å²) >= 11 is 0. The molecule has 0 atom stereocenters. The van der Waals surface area contributed by atoms with Crippen molar-refractivity contribution in [2.24, 2.45) is 7.05 Å². The van der Waals surface area contributed by atoms with E-state index in [0.29, 0.717) is 0 Å². The average molecular weight is 305 g/mol. The van der Waals surface area contributed by atoms with Gasteiger partial charge in [-0.1, -0.05) is 13.8 Å². The number of nitrogens with one attached hydrogen (secondary N) is 1. The number of aromatic nitrogens is 3. The molecule has 0 bridgehead atoms. The first kappa shape index (κ1) is 16.5. The Labute approximate surface area is 131 Å². The predicted octanol–water partition coefficient (Wildman–Crippen LogP) is 1.75. The summed E-state index contributed by atoms with van der Waals surface area (Å²) in [4.78, 5) is 19.2. The van der Waals surface area contributed by atoms with Gasteiger partial charge < -0.3 is 10.2 Å². The summed E-state index contributed by atoms with van der Waals surface area (Å²) in [5.41, 5.74) is 1.74. The van der Waals surface area contributed by atoms with Crippen molar-refractivity contribution >= 4 is 17.0 Å². The Morgan fingerprint density at radius 3 is 2.45 bits per heavy atom. The minimum atomic E-state index is 0.0373. The summed E-state index contributed by atoms with van der Waals surface area (Å²) in [6.07, 6.45) is 1.96. The van der Waals surface area contributed by atoms with Gasteiger partial charge in [0.1, 0.15) is 5.82 Å². The lowest BCUT2D eigenvalue weighted by atomic mass is 10.1. The fraction of sp³-hybridized carbons (Fsp3) is 0.625. The third-order valence-corrected chi connectivity index (χ3v) is 4.05. The Morgan fingerprint density at radius 1 is 1.23 bits per heavy atom. The van der Waals surface area contributed by atoms with E-state index in [1.165, 1.54) is 0 Å². The topological polar surface area (TPSA) is 55.1 Å². The van der Waals surface area contributed by atoms with Crippen molar-refractivity contribution < 1.29 is 0 Å². The van der Waals surface area contributed by atoms with Crippen molar-refractivity contribution in [1.82, 2.24) is 19.4 Å². The summed E-state index contributed by atoms with van der Waals surface area (Å²) < 4.78 is 3.58. The number of imidazole rings is 1. The molecule has 3 rings (SSSR count). The van der Waals surface area contributed by atoms with Gasteiger partial charge in [0.2, 0.25) is 0 Å². The number of hydrogen-bond donors (Lipinski definition) is 1. The van der Waals surface area contributed by atoms with Crippen molar-refractivity contribution in [2.45, 2.75) is 32.7 Å². The van der Waals surface area contributed by atoms with Gasteiger partial charge in [-0.2, -0.15) is 0 Å². The number of pyridine rings is 1. The smallest absolute Gasteiger partial charge is 0.330 e. The highest BCUT2D eigenvalue weighted by molar-refractivity contribution is 5.74. The molecule has 2 aromatic rings. The Bertz CT molecular complexity index is 680. The second kappa shape index (κ2) is 6.96. The van der Waals surface area contributed by atoms with E-state index in [2.05, 4.69) is 10.3 Å². The van der Waals surface area contributed by atoms with Gasteiger partial charge in [-0.3, -0.25) is 9.13 Å². The normalized spacial score (nSPS) is 15.5. The summed E-state index contributed by atoms with van der Waals surface area (Å²) in [5.74, 6) is 0.880. The van der Waals surface area contributed by atoms with E-state index in [-0.39, 0.29) is 11.7 Å². The average Bonchev–Trinajstić information content (AvgIpc) is 2.81. The fourth-order valence-corrected chi connectivity index (χ4v) is 2.87. The number of nitrogens with zero attached hydrogens (tertiary/aromatic N) is 4. The fourth-order valence-electron chi connectivity index (χ4n) is 2.87. The highest BCUT2D eigenvalue weighted by atomic mass is 16.1. The standard InChI is InChI=1S/C14H21N5O.C2H6/c1-17(2)12-5-4-11-13(16-12)19(14(20)18(11)3)10-6-8-15-9-7-10;1-2/h4-5,10,15H,6-9H2,1-3H3;1-2H3. The van der Waals surface area contributed by atoms with E-state index in [0.717, 1.165) is 42.9 Å². The molecule has 1 fully saturated rings. The second-order valence-corrected chi connectivity index (χ2v) is 5.60. The molecular formula is C16H27N5O. The van der Waals surface area contributed by atoms with Crippen LogP contribution in [-0.2, 0) is 7.05 Å². The van der Waals surface area contributed by atoms with Gasteiger partial charge in [-0.15, -0.1) is 0 Å². The molecule has 0 saturated carbocycles. The van der Waals surface area contributed by atoms with Gasteiger partial charge >= 0.3 is 5.69 Å². The third-order valence-electron chi connectivity index (χ3n) is 4.05. The molecule has 0 amide bonds. The molecule has 0 spiro atoms. The molecule has 6 nitrogen and oxygen atoms in total. The molecule has 122 valence electrons. The van der Waals surface area contributed by atoms with Gasteiger partial charge in [0.15, 0.2) is 5.65 Å². The molecule has 0 unspecified atom stereocenters. The van der Waals surface area contributed by atoms with E-state index in [9.17, 15) is 4.79 Å². The van der Waals surface area contributed by atoms with Gasteiger partial charge in [-0.05, 0) is 38.1 Å². The van der Waals surface area contributed by atoms with Crippen molar-refractivity contribution in [3.63, 3.8) is 0 Å². The first-order valence-electron chi connectivity index (χ1n) is 8.05. The van der Waals surface area contributed by atoms with Crippen LogP contribution >= 0.6 is 0 Å². The molecule has 3 heterocycles. The lowest BCUT2D eigenvalue weighted by Crippen LogP contribution is -2.34. The van der Waals surface area contributed by atoms with E-state index in [1.807, 2.05) is 56.6 Å². The molecule has 1 aliphatic heterocycles. The van der Waals surface area contributed by atoms with Crippen LogP contribution in [0.1, 0.15) is 32.7 Å². The summed E-state index contributed by atoms with van der Waals surface area (Å²) in [7, 11) is 5.74. The van der Waals surface area contributed by atoms with Gasteiger partial charge in [-0.25, -0.2) is 9.78 Å². The van der Waals surface area contributed by atoms with Crippen LogP contribution in [0, 0.1) is 0 Å². The number of rotatable bonds is 2. The Hall–Kier alpha value is -1.82. The van der Waals surface area contributed by atoms with Crippen LogP contribution in [0.25, 0.3) is 11.2 Å². The molecule has 0 aromatic carbocycles. The third kappa shape index (κ3) is 2.88. The van der Waals surface area contributed by atoms with Crippen LogP contribution in [0.4, 0.5) is 5.82 Å². The SMILES string of the molecule is CC.CN(C)c1ccc2c(n1)n(C1CCNCC1)c(=O)n2C. The van der Waals surface area contributed by atoms with Crippen LogP contribution < -0.4 is 15.9 Å². The molecule has 1 N–H and O–H groups in total. The summed E-state index contributed by atoms with van der Waals surface area (Å²) in [5, 5.41) is 3.34. The maximum absolute atomic E-state index is 12.5. The minimum Gasteiger partial charge on any atom is -0.363 e. The van der Waals surface area contributed by atoms with Crippen molar-refractivity contribution in [2.75, 3.05) is 32.1 Å². The molecule has 1 saturated heterocycles. The monoisotopic (exact) mass is 305 g/mol. The van der Waals surface area contributed by atoms with Gasteiger partial charge in [0.05, 0.1) is 5.52 Å². The Kier molecular flexibility index (Phi) is 5.24. The van der Waals surface area contributed by atoms with E-state index >= 15 is 0 Å². The molecule has 0 radical (unpaired) electrons. The number of hydrogen-bond acceptors (Lipinski definition) is 4. The molecule has 22 heavy (non-hydrogen) atoms. The Morgan fingerprint density at radius 2 is 1.86 bits per heavy atom. The number of anilines is 1. The quantitative estimate of drug-likeness (QED) is 0.918.